The Morgan fingerprint density at radius 3 is 1.24 bits per heavy atom. The second kappa shape index (κ2) is 17.8. The second-order valence-electron chi connectivity index (χ2n) is 7.03. The topological polar surface area (TPSA) is 52.6 Å². The van der Waals surface area contributed by atoms with Gasteiger partial charge >= 0.3 is 11.9 Å². The maximum absolute atomic E-state index is 11.0. The smallest absolute Gasteiger partial charge is 0.305 e. The molecule has 0 aliphatic rings. The highest BCUT2D eigenvalue weighted by molar-refractivity contribution is 5.68. The molecular weight excluding hydrogens is 316 g/mol. The van der Waals surface area contributed by atoms with E-state index in [-0.39, 0.29) is 0 Å². The molecule has 0 N–H and O–H groups in total. The van der Waals surface area contributed by atoms with Crippen molar-refractivity contribution in [2.75, 3.05) is 0 Å². The van der Waals surface area contributed by atoms with Crippen LogP contribution in [0.15, 0.2) is 0 Å². The van der Waals surface area contributed by atoms with Gasteiger partial charge in [0.2, 0.25) is 6.29 Å². The summed E-state index contributed by atoms with van der Waals surface area (Å²) in [6, 6.07) is 0. The molecule has 4 heteroatoms. The van der Waals surface area contributed by atoms with E-state index in [1.165, 1.54) is 90.9 Å². The van der Waals surface area contributed by atoms with Crippen LogP contribution in [0.2, 0.25) is 0 Å². The third kappa shape index (κ3) is 19.1. The number of rotatable bonds is 17. The molecule has 0 aromatic carbocycles. The predicted octanol–water partition coefficient (Wildman–Crippen LogP) is 6.31. The van der Waals surface area contributed by atoms with Crippen molar-refractivity contribution in [2.24, 2.45) is 0 Å². The number of esters is 2. The monoisotopic (exact) mass is 356 g/mol. The first-order chi connectivity index (χ1) is 12.1. The number of hydrogen-bond acceptors (Lipinski definition) is 4. The Labute approximate surface area is 155 Å². The van der Waals surface area contributed by atoms with Gasteiger partial charge in [0.15, 0.2) is 0 Å². The Morgan fingerprint density at radius 2 is 0.920 bits per heavy atom. The summed E-state index contributed by atoms with van der Waals surface area (Å²) in [5.74, 6) is -0.812. The molecule has 0 rings (SSSR count). The molecule has 0 spiro atoms. The summed E-state index contributed by atoms with van der Waals surface area (Å²) >= 11 is 0. The van der Waals surface area contributed by atoms with Crippen molar-refractivity contribution < 1.29 is 19.1 Å². The zero-order chi connectivity index (χ0) is 18.8. The summed E-state index contributed by atoms with van der Waals surface area (Å²) in [6.45, 7) is 4.93. The molecule has 0 aliphatic heterocycles. The molecule has 0 atom stereocenters. The fraction of sp³-hybridized carbons (Fsp3) is 0.905. The van der Waals surface area contributed by atoms with Crippen LogP contribution in [0.25, 0.3) is 0 Å². The van der Waals surface area contributed by atoms with Gasteiger partial charge in [-0.1, -0.05) is 90.4 Å². The maximum atomic E-state index is 11.0. The van der Waals surface area contributed by atoms with Gasteiger partial charge in [0.05, 0.1) is 0 Å². The van der Waals surface area contributed by atoms with Crippen molar-refractivity contribution in [2.45, 2.75) is 123 Å². The van der Waals surface area contributed by atoms with Gasteiger partial charge in [0, 0.05) is 20.3 Å². The lowest BCUT2D eigenvalue weighted by Crippen LogP contribution is -2.22. The lowest BCUT2D eigenvalue weighted by molar-refractivity contribution is -0.186. The summed E-state index contributed by atoms with van der Waals surface area (Å²) in [6.07, 6.45) is 18.1. The van der Waals surface area contributed by atoms with Gasteiger partial charge in [-0.3, -0.25) is 9.59 Å². The molecule has 0 aliphatic carbocycles. The van der Waals surface area contributed by atoms with E-state index >= 15 is 0 Å². The first-order valence-corrected chi connectivity index (χ1v) is 10.4. The number of carbonyl (C=O) groups excluding carboxylic acids is 2. The van der Waals surface area contributed by atoms with E-state index in [1.54, 1.807) is 0 Å². The van der Waals surface area contributed by atoms with E-state index in [2.05, 4.69) is 6.92 Å². The molecule has 0 aromatic heterocycles. The van der Waals surface area contributed by atoms with Gasteiger partial charge in [-0.25, -0.2) is 0 Å². The summed E-state index contributed by atoms with van der Waals surface area (Å²) in [7, 11) is 0. The van der Waals surface area contributed by atoms with E-state index < -0.39 is 18.2 Å². The van der Waals surface area contributed by atoms with Gasteiger partial charge in [-0.2, -0.15) is 0 Å². The summed E-state index contributed by atoms with van der Waals surface area (Å²) in [5.41, 5.74) is 0. The molecule has 0 amide bonds. The van der Waals surface area contributed by atoms with Gasteiger partial charge in [-0.15, -0.1) is 0 Å². The molecule has 0 heterocycles. The van der Waals surface area contributed by atoms with Crippen molar-refractivity contribution in [3.8, 4) is 0 Å². The predicted molar refractivity (Wildman–Crippen MR) is 102 cm³/mol. The molecule has 0 saturated carbocycles. The van der Waals surface area contributed by atoms with Crippen LogP contribution in [0, 0.1) is 0 Å². The molecular formula is C21H40O4. The standard InChI is InChI=1S/C21H40O4/c1-4-5-6-7-8-9-10-11-12-13-14-15-16-17-18-21(24-19(2)22)25-20(3)23/h21H,4-18H2,1-3H3. The van der Waals surface area contributed by atoms with Crippen molar-refractivity contribution in [3.05, 3.63) is 0 Å². The molecule has 25 heavy (non-hydrogen) atoms. The van der Waals surface area contributed by atoms with Gasteiger partial charge in [0.25, 0.3) is 0 Å². The Kier molecular flexibility index (Phi) is 17.0. The van der Waals surface area contributed by atoms with E-state index in [4.69, 9.17) is 9.47 Å². The SMILES string of the molecule is CCCCCCCCCCCCCCCCC(OC(C)=O)OC(C)=O. The molecule has 0 fully saturated rings. The third-order valence-electron chi connectivity index (χ3n) is 4.39. The van der Waals surface area contributed by atoms with Crippen LogP contribution < -0.4 is 0 Å². The number of ether oxygens (including phenoxy) is 2. The molecule has 0 aromatic rings. The van der Waals surface area contributed by atoms with Crippen LogP contribution in [0.5, 0.6) is 0 Å². The Morgan fingerprint density at radius 1 is 0.600 bits per heavy atom. The van der Waals surface area contributed by atoms with E-state index in [1.807, 2.05) is 0 Å². The second-order valence-corrected chi connectivity index (χ2v) is 7.03. The third-order valence-corrected chi connectivity index (χ3v) is 4.39. The van der Waals surface area contributed by atoms with Crippen LogP contribution in [-0.2, 0) is 19.1 Å². The van der Waals surface area contributed by atoms with E-state index in [9.17, 15) is 9.59 Å². The fourth-order valence-corrected chi connectivity index (χ4v) is 3.02. The summed E-state index contributed by atoms with van der Waals surface area (Å²) in [4.78, 5) is 21.9. The molecule has 0 saturated heterocycles. The van der Waals surface area contributed by atoms with Crippen molar-refractivity contribution in [1.82, 2.24) is 0 Å². The average molecular weight is 357 g/mol. The number of carbonyl (C=O) groups is 2. The van der Waals surface area contributed by atoms with Gasteiger partial charge in [0.1, 0.15) is 0 Å². The minimum atomic E-state index is -0.715. The lowest BCUT2D eigenvalue weighted by Gasteiger charge is -2.16. The highest BCUT2D eigenvalue weighted by Crippen LogP contribution is 2.14. The van der Waals surface area contributed by atoms with Crippen LogP contribution in [0.1, 0.15) is 117 Å². The number of hydrogen-bond donors (Lipinski definition) is 0. The Balaban J connectivity index is 3.36. The maximum Gasteiger partial charge on any atom is 0.305 e. The molecule has 148 valence electrons. The highest BCUT2D eigenvalue weighted by Gasteiger charge is 2.14. The Hall–Kier alpha value is -1.06. The molecule has 4 nitrogen and oxygen atoms in total. The van der Waals surface area contributed by atoms with Crippen LogP contribution >= 0.6 is 0 Å². The molecule has 0 bridgehead atoms. The van der Waals surface area contributed by atoms with Crippen LogP contribution in [-0.4, -0.2) is 18.2 Å². The zero-order valence-corrected chi connectivity index (χ0v) is 16.8. The average Bonchev–Trinajstić information content (AvgIpc) is 2.54. The van der Waals surface area contributed by atoms with Crippen molar-refractivity contribution in [3.63, 3.8) is 0 Å². The molecule has 0 radical (unpaired) electrons. The minimum absolute atomic E-state index is 0.406. The van der Waals surface area contributed by atoms with E-state index in [0.29, 0.717) is 6.42 Å². The van der Waals surface area contributed by atoms with Crippen molar-refractivity contribution >= 4 is 11.9 Å². The first-order valence-electron chi connectivity index (χ1n) is 10.4. The van der Waals surface area contributed by atoms with Crippen LogP contribution in [0.4, 0.5) is 0 Å². The fourth-order valence-electron chi connectivity index (χ4n) is 3.02. The highest BCUT2D eigenvalue weighted by atomic mass is 16.7. The Bertz CT molecular complexity index is 312. The zero-order valence-electron chi connectivity index (χ0n) is 16.8. The van der Waals surface area contributed by atoms with E-state index in [0.717, 1.165) is 12.8 Å². The van der Waals surface area contributed by atoms with Gasteiger partial charge < -0.3 is 9.47 Å². The van der Waals surface area contributed by atoms with Crippen LogP contribution in [0.3, 0.4) is 0 Å². The molecule has 0 unspecified atom stereocenters. The minimum Gasteiger partial charge on any atom is -0.425 e. The lowest BCUT2D eigenvalue weighted by atomic mass is 10.0. The quantitative estimate of drug-likeness (QED) is 0.174. The summed E-state index contributed by atoms with van der Waals surface area (Å²) < 4.78 is 9.99. The first kappa shape index (κ1) is 23.9. The largest absolute Gasteiger partial charge is 0.425 e. The summed E-state index contributed by atoms with van der Waals surface area (Å²) in [5, 5.41) is 0. The number of unbranched alkanes of at least 4 members (excludes halogenated alkanes) is 13. The van der Waals surface area contributed by atoms with Crippen molar-refractivity contribution in [1.29, 1.82) is 0 Å². The van der Waals surface area contributed by atoms with Gasteiger partial charge in [-0.05, 0) is 6.42 Å². The normalized spacial score (nSPS) is 10.9.